The van der Waals surface area contributed by atoms with Crippen LogP contribution < -0.4 is 4.90 Å². The number of rotatable bonds is 7. The van der Waals surface area contributed by atoms with Gasteiger partial charge in [0.15, 0.2) is 0 Å². The highest BCUT2D eigenvalue weighted by Crippen LogP contribution is 2.51. The Kier molecular flexibility index (Phi) is 8.20. The van der Waals surface area contributed by atoms with E-state index in [-0.39, 0.29) is 5.41 Å². The molecule has 0 atom stereocenters. The van der Waals surface area contributed by atoms with Crippen LogP contribution in [0.5, 0.6) is 0 Å². The molecular weight excluding hydrogens is 751 g/mol. The Morgan fingerprint density at radius 1 is 0.371 bits per heavy atom. The van der Waals surface area contributed by atoms with Crippen molar-refractivity contribution in [3.8, 4) is 44.8 Å². The first-order valence-electron chi connectivity index (χ1n) is 21.5. The van der Waals surface area contributed by atoms with Crippen molar-refractivity contribution in [3.63, 3.8) is 0 Å². The molecule has 2 aromatic heterocycles. The van der Waals surface area contributed by atoms with E-state index in [1.54, 1.807) is 0 Å². The Bertz CT molecular complexity index is 3450. The summed E-state index contributed by atoms with van der Waals surface area (Å²) in [5.74, 6) is 0. The molecule has 0 spiro atoms. The number of aromatic nitrogens is 2. The molecule has 0 bridgehead atoms. The van der Waals surface area contributed by atoms with E-state index in [1.807, 2.05) is 0 Å². The van der Waals surface area contributed by atoms with Crippen LogP contribution in [0.15, 0.2) is 225 Å². The summed E-state index contributed by atoms with van der Waals surface area (Å²) >= 11 is 0. The summed E-state index contributed by atoms with van der Waals surface area (Å²) < 4.78 is 4.73. The SMILES string of the molecule is CC1(C)c2ccccc2-c2ccc(N(c3ccc(-c4ccccc4)cc3)c3ccc(-c4ccc5c(c4)c4ccc6c(ccn6-c6ccccc6)c4n5-c4ccccc4)cc3)cc21. The maximum atomic E-state index is 2.44. The first-order chi connectivity index (χ1) is 30.5. The van der Waals surface area contributed by atoms with E-state index < -0.39 is 0 Å². The standard InChI is InChI=1S/C59H43N3/c1-59(2)54-21-13-12-20-49(54)50-32-31-48(39-55(50)59)61(46-27-22-41(23-28-46)40-14-6-3-7-15-40)47-29-24-42(25-30-47)43-26-34-57-53(38-43)51-33-35-56-52(36-37-60(56)44-16-8-4-9-17-44)58(51)62(57)45-18-10-5-11-19-45/h3-39H,1-2H3. The van der Waals surface area contributed by atoms with Gasteiger partial charge in [0.2, 0.25) is 0 Å². The predicted octanol–water partition coefficient (Wildman–Crippen LogP) is 15.8. The largest absolute Gasteiger partial charge is 0.316 e. The molecular formula is C59H43N3. The lowest BCUT2D eigenvalue weighted by molar-refractivity contribution is 0.660. The third-order valence-corrected chi connectivity index (χ3v) is 13.2. The fraction of sp³-hybridized carbons (Fsp3) is 0.0508. The Hall–Kier alpha value is -7.88. The molecule has 9 aromatic carbocycles. The van der Waals surface area contributed by atoms with Crippen LogP contribution in [-0.2, 0) is 5.41 Å². The molecule has 0 radical (unpaired) electrons. The summed E-state index contributed by atoms with van der Waals surface area (Å²) in [4.78, 5) is 2.40. The minimum atomic E-state index is -0.103. The van der Waals surface area contributed by atoms with E-state index in [4.69, 9.17) is 0 Å². The number of nitrogens with zero attached hydrogens (tertiary/aromatic N) is 3. The summed E-state index contributed by atoms with van der Waals surface area (Å²) in [6.07, 6.45) is 2.20. The number of para-hydroxylation sites is 2. The summed E-state index contributed by atoms with van der Waals surface area (Å²) in [6.45, 7) is 4.71. The highest BCUT2D eigenvalue weighted by molar-refractivity contribution is 6.19. The van der Waals surface area contributed by atoms with Crippen molar-refractivity contribution in [2.24, 2.45) is 0 Å². The van der Waals surface area contributed by atoms with Gasteiger partial charge in [-0.25, -0.2) is 0 Å². The average molecular weight is 794 g/mol. The molecule has 1 aliphatic carbocycles. The maximum absolute atomic E-state index is 2.44. The van der Waals surface area contributed by atoms with Crippen molar-refractivity contribution in [3.05, 3.63) is 236 Å². The molecule has 0 saturated heterocycles. The number of anilines is 3. The van der Waals surface area contributed by atoms with Crippen LogP contribution in [0.3, 0.4) is 0 Å². The number of hydrogen-bond donors (Lipinski definition) is 0. The third kappa shape index (κ3) is 5.66. The molecule has 0 unspecified atom stereocenters. The van der Waals surface area contributed by atoms with E-state index in [9.17, 15) is 0 Å². The topological polar surface area (TPSA) is 13.1 Å². The zero-order valence-corrected chi connectivity index (χ0v) is 34.7. The van der Waals surface area contributed by atoms with Gasteiger partial charge in [-0.2, -0.15) is 0 Å². The van der Waals surface area contributed by atoms with Gasteiger partial charge >= 0.3 is 0 Å². The molecule has 3 heteroatoms. The first-order valence-corrected chi connectivity index (χ1v) is 21.5. The van der Waals surface area contributed by atoms with Crippen LogP contribution >= 0.6 is 0 Å². The lowest BCUT2D eigenvalue weighted by Gasteiger charge is -2.28. The van der Waals surface area contributed by atoms with Crippen LogP contribution in [0, 0.1) is 0 Å². The lowest BCUT2D eigenvalue weighted by Crippen LogP contribution is -2.16. The van der Waals surface area contributed by atoms with Crippen molar-refractivity contribution in [1.82, 2.24) is 9.13 Å². The second-order valence-corrected chi connectivity index (χ2v) is 17.0. The molecule has 12 rings (SSSR count). The van der Waals surface area contributed by atoms with Crippen LogP contribution in [0.25, 0.3) is 77.5 Å². The maximum Gasteiger partial charge on any atom is 0.0635 e. The molecule has 0 amide bonds. The minimum Gasteiger partial charge on any atom is -0.316 e. The van der Waals surface area contributed by atoms with Gasteiger partial charge in [-0.15, -0.1) is 0 Å². The normalized spacial score (nSPS) is 12.8. The number of fused-ring (bicyclic) bond motifs is 8. The van der Waals surface area contributed by atoms with Crippen molar-refractivity contribution in [1.29, 1.82) is 0 Å². The van der Waals surface area contributed by atoms with Gasteiger partial charge in [0.1, 0.15) is 0 Å². The monoisotopic (exact) mass is 793 g/mol. The smallest absolute Gasteiger partial charge is 0.0635 e. The molecule has 1 aliphatic rings. The van der Waals surface area contributed by atoms with Crippen molar-refractivity contribution in [2.75, 3.05) is 4.90 Å². The van der Waals surface area contributed by atoms with Gasteiger partial charge in [0, 0.05) is 56.2 Å². The number of benzene rings is 9. The summed E-state index contributed by atoms with van der Waals surface area (Å²) in [6, 6.07) is 79.8. The second kappa shape index (κ2) is 14.1. The summed E-state index contributed by atoms with van der Waals surface area (Å²) in [5, 5.41) is 3.71. The van der Waals surface area contributed by atoms with E-state index in [1.165, 1.54) is 77.2 Å². The fourth-order valence-corrected chi connectivity index (χ4v) is 10.1. The summed E-state index contributed by atoms with van der Waals surface area (Å²) in [7, 11) is 0. The molecule has 294 valence electrons. The van der Waals surface area contributed by atoms with Crippen LogP contribution in [-0.4, -0.2) is 9.13 Å². The van der Waals surface area contributed by atoms with Crippen molar-refractivity contribution in [2.45, 2.75) is 19.3 Å². The Morgan fingerprint density at radius 2 is 0.919 bits per heavy atom. The average Bonchev–Trinajstić information content (AvgIpc) is 3.99. The van der Waals surface area contributed by atoms with Crippen molar-refractivity contribution < 1.29 is 0 Å². The lowest BCUT2D eigenvalue weighted by atomic mass is 9.82. The van der Waals surface area contributed by atoms with Gasteiger partial charge < -0.3 is 14.0 Å². The zero-order chi connectivity index (χ0) is 41.4. The Morgan fingerprint density at radius 3 is 1.63 bits per heavy atom. The first kappa shape index (κ1) is 36.0. The highest BCUT2D eigenvalue weighted by Gasteiger charge is 2.35. The summed E-state index contributed by atoms with van der Waals surface area (Å²) in [5.41, 5.74) is 19.4. The molecule has 3 nitrogen and oxygen atoms in total. The molecule has 11 aromatic rings. The van der Waals surface area contributed by atoms with Crippen molar-refractivity contribution >= 4 is 49.8 Å². The minimum absolute atomic E-state index is 0.103. The van der Waals surface area contributed by atoms with Gasteiger partial charge in [-0.05, 0) is 129 Å². The van der Waals surface area contributed by atoms with Gasteiger partial charge in [0.25, 0.3) is 0 Å². The quantitative estimate of drug-likeness (QED) is 0.157. The Labute approximate surface area is 362 Å². The van der Waals surface area contributed by atoms with Crippen LogP contribution in [0.4, 0.5) is 17.1 Å². The second-order valence-electron chi connectivity index (χ2n) is 17.0. The van der Waals surface area contributed by atoms with E-state index >= 15 is 0 Å². The number of hydrogen-bond acceptors (Lipinski definition) is 1. The van der Waals surface area contributed by atoms with E-state index in [0.29, 0.717) is 0 Å². The van der Waals surface area contributed by atoms with E-state index in [2.05, 4.69) is 252 Å². The third-order valence-electron chi connectivity index (χ3n) is 13.2. The predicted molar refractivity (Wildman–Crippen MR) is 261 cm³/mol. The highest BCUT2D eigenvalue weighted by atomic mass is 15.1. The molecule has 62 heavy (non-hydrogen) atoms. The van der Waals surface area contributed by atoms with Gasteiger partial charge in [0.05, 0.1) is 16.6 Å². The molecule has 2 heterocycles. The van der Waals surface area contributed by atoms with Crippen LogP contribution in [0.1, 0.15) is 25.0 Å². The van der Waals surface area contributed by atoms with E-state index in [0.717, 1.165) is 28.4 Å². The molecule has 0 saturated carbocycles. The molecule has 0 aliphatic heterocycles. The molecule has 0 fully saturated rings. The molecule has 0 N–H and O–H groups in total. The fourth-order valence-electron chi connectivity index (χ4n) is 10.1. The van der Waals surface area contributed by atoms with Gasteiger partial charge in [-0.1, -0.05) is 147 Å². The Balaban J connectivity index is 0.972. The van der Waals surface area contributed by atoms with Crippen LogP contribution in [0.2, 0.25) is 0 Å². The van der Waals surface area contributed by atoms with Gasteiger partial charge in [-0.3, -0.25) is 0 Å². The zero-order valence-electron chi connectivity index (χ0n) is 34.7.